The van der Waals surface area contributed by atoms with Gasteiger partial charge in [0.25, 0.3) is 0 Å². The third-order valence-corrected chi connectivity index (χ3v) is 4.08. The summed E-state index contributed by atoms with van der Waals surface area (Å²) in [5.41, 5.74) is 4.55. The Morgan fingerprint density at radius 3 is 2.81 bits per heavy atom. The van der Waals surface area contributed by atoms with Crippen LogP contribution >= 0.6 is 0 Å². The minimum Gasteiger partial charge on any atom is -0.338 e. The van der Waals surface area contributed by atoms with E-state index in [2.05, 4.69) is 65.6 Å². The number of aromatic nitrogens is 3. The molecule has 0 bridgehead atoms. The highest BCUT2D eigenvalue weighted by atomic mass is 15.1. The third-order valence-electron chi connectivity index (χ3n) is 4.08. The zero-order valence-electron chi connectivity index (χ0n) is 12.2. The van der Waals surface area contributed by atoms with Crippen molar-refractivity contribution >= 4 is 21.9 Å². The van der Waals surface area contributed by atoms with Crippen molar-refractivity contribution in [3.63, 3.8) is 0 Å². The van der Waals surface area contributed by atoms with Gasteiger partial charge in [0.15, 0.2) is 5.82 Å². The number of hydrogen-bond acceptors (Lipinski definition) is 1. The lowest BCUT2D eigenvalue weighted by Crippen LogP contribution is -2.01. The Hall–Kier alpha value is -2.55. The van der Waals surface area contributed by atoms with Gasteiger partial charge in [-0.15, -0.1) is 0 Å². The smallest absolute Gasteiger partial charge is 0.157 e. The van der Waals surface area contributed by atoms with Gasteiger partial charge in [0.2, 0.25) is 0 Å². The van der Waals surface area contributed by atoms with Gasteiger partial charge in [0, 0.05) is 24.5 Å². The van der Waals surface area contributed by atoms with E-state index in [-0.39, 0.29) is 0 Å². The summed E-state index contributed by atoms with van der Waals surface area (Å²) < 4.78 is 4.48. The zero-order chi connectivity index (χ0) is 14.4. The zero-order valence-corrected chi connectivity index (χ0v) is 12.2. The molecule has 4 rings (SSSR count). The molecule has 0 spiro atoms. The highest BCUT2D eigenvalue weighted by Crippen LogP contribution is 2.29. The first-order chi connectivity index (χ1) is 10.3. The Morgan fingerprint density at radius 2 is 2.00 bits per heavy atom. The number of aryl methyl sites for hydroxylation is 2. The van der Waals surface area contributed by atoms with E-state index >= 15 is 0 Å². The fraction of sp³-hybridized carbons (Fsp3) is 0.167. The summed E-state index contributed by atoms with van der Waals surface area (Å²) in [6.07, 6.45) is 0. The minimum atomic E-state index is 0.929. The van der Waals surface area contributed by atoms with Crippen LogP contribution in [-0.4, -0.2) is 14.1 Å². The van der Waals surface area contributed by atoms with Crippen molar-refractivity contribution in [3.05, 3.63) is 54.6 Å². The monoisotopic (exact) mass is 274 g/mol. The molecule has 3 nitrogen and oxygen atoms in total. The molecule has 0 amide bonds. The van der Waals surface area contributed by atoms with E-state index in [0.717, 1.165) is 29.1 Å². The van der Waals surface area contributed by atoms with Crippen LogP contribution in [0.2, 0.25) is 0 Å². The summed E-state index contributed by atoms with van der Waals surface area (Å²) in [5.74, 6) is 1.00. The fourth-order valence-corrected chi connectivity index (χ4v) is 3.06. The first-order valence-electron chi connectivity index (χ1n) is 7.20. The molecular weight excluding hydrogens is 258 g/mol. The third kappa shape index (κ3) is 1.70. The second-order valence-electron chi connectivity index (χ2n) is 5.24. The molecule has 0 aliphatic carbocycles. The van der Waals surface area contributed by atoms with Crippen LogP contribution in [-0.2, 0) is 13.6 Å². The van der Waals surface area contributed by atoms with E-state index in [9.17, 15) is 0 Å². The van der Waals surface area contributed by atoms with Crippen LogP contribution in [0.5, 0.6) is 0 Å². The Bertz CT molecular complexity index is 944. The molecule has 1 radical (unpaired) electrons. The molecular formula is C18H16N3. The van der Waals surface area contributed by atoms with Gasteiger partial charge in [-0.2, -0.15) is 0 Å². The summed E-state index contributed by atoms with van der Waals surface area (Å²) in [6, 6.07) is 19.7. The average Bonchev–Trinajstić information content (AvgIpc) is 3.05. The standard InChI is InChI=1S/C18H16N3/c1-3-21-15-10-6-4-8-13(15)12-17(21)18-19-14-9-5-7-11-16(14)20(18)2/h4,6-12H,3H2,1-2H3. The van der Waals surface area contributed by atoms with Crippen molar-refractivity contribution in [1.29, 1.82) is 0 Å². The Kier molecular flexibility index (Phi) is 2.61. The number of nitrogens with zero attached hydrogens (tertiary/aromatic N) is 3. The number of fused-ring (bicyclic) bond motifs is 2. The number of imidazole rings is 1. The van der Waals surface area contributed by atoms with Crippen LogP contribution < -0.4 is 0 Å². The molecule has 0 N–H and O–H groups in total. The summed E-state index contributed by atoms with van der Waals surface area (Å²) in [7, 11) is 2.07. The van der Waals surface area contributed by atoms with Gasteiger partial charge in [-0.05, 0) is 37.3 Å². The Balaban J connectivity index is 2.06. The number of benzene rings is 2. The van der Waals surface area contributed by atoms with Crippen molar-refractivity contribution in [2.24, 2.45) is 7.05 Å². The average molecular weight is 274 g/mol. The topological polar surface area (TPSA) is 22.8 Å². The van der Waals surface area contributed by atoms with Crippen LogP contribution in [0.25, 0.3) is 33.5 Å². The molecule has 2 heterocycles. The van der Waals surface area contributed by atoms with E-state index in [1.807, 2.05) is 12.1 Å². The highest BCUT2D eigenvalue weighted by molar-refractivity contribution is 5.88. The molecule has 4 aromatic rings. The van der Waals surface area contributed by atoms with E-state index < -0.39 is 0 Å². The predicted octanol–water partition coefficient (Wildman–Crippen LogP) is 4.02. The van der Waals surface area contributed by atoms with Crippen LogP contribution in [0.15, 0.2) is 48.5 Å². The van der Waals surface area contributed by atoms with E-state index in [0.29, 0.717) is 0 Å². The van der Waals surface area contributed by atoms with Gasteiger partial charge in [0.05, 0.1) is 16.7 Å². The molecule has 0 unspecified atom stereocenters. The summed E-state index contributed by atoms with van der Waals surface area (Å²) >= 11 is 0. The van der Waals surface area contributed by atoms with Crippen molar-refractivity contribution in [3.8, 4) is 11.5 Å². The highest BCUT2D eigenvalue weighted by Gasteiger charge is 2.15. The normalized spacial score (nSPS) is 11.5. The summed E-state index contributed by atoms with van der Waals surface area (Å²) in [4.78, 5) is 4.80. The molecule has 0 fully saturated rings. The van der Waals surface area contributed by atoms with Crippen LogP contribution in [0.4, 0.5) is 0 Å². The van der Waals surface area contributed by atoms with Gasteiger partial charge in [-0.25, -0.2) is 4.98 Å². The first-order valence-corrected chi connectivity index (χ1v) is 7.20. The van der Waals surface area contributed by atoms with Crippen LogP contribution in [0.3, 0.4) is 0 Å². The van der Waals surface area contributed by atoms with E-state index in [4.69, 9.17) is 4.98 Å². The second kappa shape index (κ2) is 4.48. The quantitative estimate of drug-likeness (QED) is 0.541. The number of hydrogen-bond donors (Lipinski definition) is 0. The van der Waals surface area contributed by atoms with E-state index in [1.165, 1.54) is 10.9 Å². The largest absolute Gasteiger partial charge is 0.338 e. The molecule has 0 saturated heterocycles. The van der Waals surface area contributed by atoms with Crippen molar-refractivity contribution < 1.29 is 0 Å². The minimum absolute atomic E-state index is 0.929. The molecule has 21 heavy (non-hydrogen) atoms. The summed E-state index contributed by atoms with van der Waals surface area (Å²) in [5, 5.41) is 1.26. The molecule has 3 heteroatoms. The Labute approximate surface area is 123 Å². The predicted molar refractivity (Wildman–Crippen MR) is 86.2 cm³/mol. The molecule has 0 aliphatic heterocycles. The number of rotatable bonds is 2. The SMILES string of the molecule is CCn1c(-c2nc3c[c]ccc3n2C)cc2ccccc21. The van der Waals surface area contributed by atoms with Crippen LogP contribution in [0.1, 0.15) is 6.92 Å². The van der Waals surface area contributed by atoms with Crippen LogP contribution in [0, 0.1) is 6.07 Å². The van der Waals surface area contributed by atoms with Gasteiger partial charge in [-0.1, -0.05) is 24.3 Å². The van der Waals surface area contributed by atoms with Gasteiger partial charge in [0.1, 0.15) is 0 Å². The Morgan fingerprint density at radius 1 is 1.14 bits per heavy atom. The lowest BCUT2D eigenvalue weighted by atomic mass is 10.2. The lowest BCUT2D eigenvalue weighted by molar-refractivity contribution is 0.791. The van der Waals surface area contributed by atoms with E-state index in [1.54, 1.807) is 0 Å². The maximum Gasteiger partial charge on any atom is 0.157 e. The first kappa shape index (κ1) is 12.2. The molecule has 2 aromatic carbocycles. The van der Waals surface area contributed by atoms with Crippen molar-refractivity contribution in [1.82, 2.24) is 14.1 Å². The van der Waals surface area contributed by atoms with Gasteiger partial charge in [-0.3, -0.25) is 0 Å². The van der Waals surface area contributed by atoms with Gasteiger partial charge >= 0.3 is 0 Å². The molecule has 0 atom stereocenters. The van der Waals surface area contributed by atoms with Crippen molar-refractivity contribution in [2.75, 3.05) is 0 Å². The van der Waals surface area contributed by atoms with Crippen molar-refractivity contribution in [2.45, 2.75) is 13.5 Å². The maximum absolute atomic E-state index is 4.80. The van der Waals surface area contributed by atoms with Gasteiger partial charge < -0.3 is 9.13 Å². The lowest BCUT2D eigenvalue weighted by Gasteiger charge is -2.07. The molecule has 103 valence electrons. The summed E-state index contributed by atoms with van der Waals surface area (Å²) in [6.45, 7) is 3.10. The molecule has 0 saturated carbocycles. The second-order valence-corrected chi connectivity index (χ2v) is 5.24. The molecule has 0 aliphatic rings. The molecule has 2 aromatic heterocycles. The maximum atomic E-state index is 4.80. The fourth-order valence-electron chi connectivity index (χ4n) is 3.06. The number of para-hydroxylation sites is 1.